The van der Waals surface area contributed by atoms with Crippen LogP contribution in [-0.4, -0.2) is 29.4 Å². The maximum Gasteiger partial charge on any atom is 0.148 e. The molecule has 7 heteroatoms. The van der Waals surface area contributed by atoms with Gasteiger partial charge in [0.05, 0.1) is 11.7 Å². The van der Waals surface area contributed by atoms with E-state index < -0.39 is 0 Å². The van der Waals surface area contributed by atoms with Crippen molar-refractivity contribution in [2.24, 2.45) is 0 Å². The highest BCUT2D eigenvalue weighted by atomic mass is 35.5. The van der Waals surface area contributed by atoms with Crippen LogP contribution < -0.4 is 10.1 Å². The van der Waals surface area contributed by atoms with E-state index in [2.05, 4.69) is 39.8 Å². The van der Waals surface area contributed by atoms with Crippen molar-refractivity contribution in [2.45, 2.75) is 32.8 Å². The first kappa shape index (κ1) is 21.3. The molecule has 0 amide bonds. The topological polar surface area (TPSA) is 70.8 Å². The van der Waals surface area contributed by atoms with Crippen LogP contribution in [0.2, 0.25) is 0 Å². The fourth-order valence-electron chi connectivity index (χ4n) is 3.37. The number of nitriles is 1. The van der Waals surface area contributed by atoms with Crippen molar-refractivity contribution >= 4 is 23.7 Å². The Morgan fingerprint density at radius 2 is 1.66 bits per heavy atom. The van der Waals surface area contributed by atoms with Gasteiger partial charge in [0.2, 0.25) is 0 Å². The molecule has 0 unspecified atom stereocenters. The Morgan fingerprint density at radius 3 is 2.34 bits per heavy atom. The number of halogens is 1. The third kappa shape index (κ3) is 4.76. The number of nitrogens with zero attached hydrogens (tertiary/aromatic N) is 3. The fraction of sp³-hybridized carbons (Fsp3) is 0.318. The molecule has 1 aliphatic heterocycles. The molecule has 0 radical (unpaired) electrons. The van der Waals surface area contributed by atoms with Crippen LogP contribution in [0.1, 0.15) is 30.5 Å². The standard InChI is InChI=1S/C22H22N4OS.ClH/c1-14(2)27-20-6-5-18(12-19(20)13-23)22-26-25-21(28-22)17-4-3-15-7-9-24-10-8-16(15)11-17;/h3-6,11-12,14,24H,7-10H2,1-2H3;1H. The molecule has 1 aliphatic rings. The predicted molar refractivity (Wildman–Crippen MR) is 119 cm³/mol. The largest absolute Gasteiger partial charge is 0.490 e. The van der Waals surface area contributed by atoms with Crippen molar-refractivity contribution in [3.05, 3.63) is 53.1 Å². The normalized spacial score (nSPS) is 13.2. The van der Waals surface area contributed by atoms with E-state index in [1.165, 1.54) is 11.1 Å². The van der Waals surface area contributed by atoms with Crippen molar-refractivity contribution in [3.63, 3.8) is 0 Å². The Balaban J connectivity index is 0.00000240. The molecule has 0 aliphatic carbocycles. The van der Waals surface area contributed by atoms with Crippen molar-refractivity contribution in [3.8, 4) is 33.0 Å². The smallest absolute Gasteiger partial charge is 0.148 e. The Kier molecular flexibility index (Phi) is 6.86. The molecule has 1 N–H and O–H groups in total. The third-order valence-electron chi connectivity index (χ3n) is 4.73. The molecule has 0 saturated heterocycles. The summed E-state index contributed by atoms with van der Waals surface area (Å²) in [5, 5.41) is 23.4. The summed E-state index contributed by atoms with van der Waals surface area (Å²) < 4.78 is 5.70. The van der Waals surface area contributed by atoms with E-state index in [1.54, 1.807) is 11.3 Å². The van der Waals surface area contributed by atoms with Crippen LogP contribution in [0.15, 0.2) is 36.4 Å². The molecule has 2 aromatic carbocycles. The zero-order chi connectivity index (χ0) is 19.5. The molecule has 0 atom stereocenters. The summed E-state index contributed by atoms with van der Waals surface area (Å²) in [6.07, 6.45) is 2.13. The SMILES string of the molecule is CC(C)Oc1ccc(-c2nnc(-c3ccc4c(c3)CCNCC4)s2)cc1C#N.Cl. The van der Waals surface area contributed by atoms with Crippen molar-refractivity contribution in [2.75, 3.05) is 13.1 Å². The minimum Gasteiger partial charge on any atom is -0.490 e. The molecule has 5 nitrogen and oxygen atoms in total. The lowest BCUT2D eigenvalue weighted by Crippen LogP contribution is -2.16. The lowest BCUT2D eigenvalue weighted by atomic mass is 10.0. The highest BCUT2D eigenvalue weighted by Crippen LogP contribution is 2.33. The van der Waals surface area contributed by atoms with E-state index in [9.17, 15) is 5.26 Å². The van der Waals surface area contributed by atoms with Gasteiger partial charge in [-0.05, 0) is 75.2 Å². The van der Waals surface area contributed by atoms with Gasteiger partial charge in [-0.25, -0.2) is 0 Å². The number of benzene rings is 2. The summed E-state index contributed by atoms with van der Waals surface area (Å²) in [4.78, 5) is 0. The second-order valence-electron chi connectivity index (χ2n) is 7.14. The van der Waals surface area contributed by atoms with Crippen molar-refractivity contribution in [1.82, 2.24) is 15.5 Å². The maximum atomic E-state index is 9.45. The van der Waals surface area contributed by atoms with Gasteiger partial charge in [0.1, 0.15) is 21.8 Å². The zero-order valence-corrected chi connectivity index (χ0v) is 18.1. The Hall–Kier alpha value is -2.46. The summed E-state index contributed by atoms with van der Waals surface area (Å²) >= 11 is 1.55. The van der Waals surface area contributed by atoms with Crippen LogP contribution in [0, 0.1) is 11.3 Å². The monoisotopic (exact) mass is 426 g/mol. The molecule has 0 fully saturated rings. The lowest BCUT2D eigenvalue weighted by molar-refractivity contribution is 0.242. The van der Waals surface area contributed by atoms with Crippen LogP contribution >= 0.6 is 23.7 Å². The Morgan fingerprint density at radius 1 is 1.00 bits per heavy atom. The average Bonchev–Trinajstić information content (AvgIpc) is 3.07. The van der Waals surface area contributed by atoms with Gasteiger partial charge in [-0.15, -0.1) is 22.6 Å². The van der Waals surface area contributed by atoms with Gasteiger partial charge in [0.15, 0.2) is 0 Å². The Bertz CT molecular complexity index is 1040. The summed E-state index contributed by atoms with van der Waals surface area (Å²) in [6.45, 7) is 5.94. The van der Waals surface area contributed by atoms with Gasteiger partial charge in [-0.2, -0.15) is 5.26 Å². The van der Waals surface area contributed by atoms with Crippen LogP contribution in [0.25, 0.3) is 21.1 Å². The third-order valence-corrected chi connectivity index (χ3v) is 5.75. The van der Waals surface area contributed by atoms with Crippen LogP contribution in [0.3, 0.4) is 0 Å². The van der Waals surface area contributed by atoms with Crippen LogP contribution in [0.4, 0.5) is 0 Å². The van der Waals surface area contributed by atoms with E-state index in [0.717, 1.165) is 47.1 Å². The first-order chi connectivity index (χ1) is 13.6. The number of ether oxygens (including phenoxy) is 1. The van der Waals surface area contributed by atoms with Gasteiger partial charge in [-0.3, -0.25) is 0 Å². The number of rotatable bonds is 4. The highest BCUT2D eigenvalue weighted by Gasteiger charge is 2.14. The number of aromatic nitrogens is 2. The lowest BCUT2D eigenvalue weighted by Gasteiger charge is -2.11. The average molecular weight is 427 g/mol. The van der Waals surface area contributed by atoms with Gasteiger partial charge in [0, 0.05) is 11.1 Å². The van der Waals surface area contributed by atoms with Crippen molar-refractivity contribution in [1.29, 1.82) is 5.26 Å². The quantitative estimate of drug-likeness (QED) is 0.657. The molecule has 150 valence electrons. The fourth-order valence-corrected chi connectivity index (χ4v) is 4.21. The molecular formula is C22H23ClN4OS. The number of hydrogen-bond donors (Lipinski definition) is 1. The number of nitrogens with one attached hydrogen (secondary N) is 1. The molecule has 0 spiro atoms. The molecule has 1 aromatic heterocycles. The molecule has 2 heterocycles. The minimum atomic E-state index is 0. The van der Waals surface area contributed by atoms with Gasteiger partial charge in [-0.1, -0.05) is 23.5 Å². The van der Waals surface area contributed by atoms with Gasteiger partial charge >= 0.3 is 0 Å². The highest BCUT2D eigenvalue weighted by molar-refractivity contribution is 7.17. The number of hydrogen-bond acceptors (Lipinski definition) is 6. The summed E-state index contributed by atoms with van der Waals surface area (Å²) in [5.74, 6) is 0.602. The van der Waals surface area contributed by atoms with Crippen LogP contribution in [0.5, 0.6) is 5.75 Å². The second kappa shape index (κ2) is 9.36. The number of fused-ring (bicyclic) bond motifs is 1. The summed E-state index contributed by atoms with van der Waals surface area (Å²) in [7, 11) is 0. The Labute approximate surface area is 181 Å². The zero-order valence-electron chi connectivity index (χ0n) is 16.4. The summed E-state index contributed by atoms with van der Waals surface area (Å²) in [5.41, 5.74) is 5.31. The van der Waals surface area contributed by atoms with E-state index in [1.807, 2.05) is 32.0 Å². The van der Waals surface area contributed by atoms with E-state index in [4.69, 9.17) is 4.74 Å². The molecule has 29 heavy (non-hydrogen) atoms. The first-order valence-corrected chi connectivity index (χ1v) is 10.3. The van der Waals surface area contributed by atoms with E-state index in [0.29, 0.717) is 11.3 Å². The van der Waals surface area contributed by atoms with Gasteiger partial charge in [0.25, 0.3) is 0 Å². The first-order valence-electron chi connectivity index (χ1n) is 9.51. The van der Waals surface area contributed by atoms with Crippen molar-refractivity contribution < 1.29 is 4.74 Å². The molecule has 0 saturated carbocycles. The molecular weight excluding hydrogens is 404 g/mol. The van der Waals surface area contributed by atoms with E-state index in [-0.39, 0.29) is 18.5 Å². The van der Waals surface area contributed by atoms with Gasteiger partial charge < -0.3 is 10.1 Å². The minimum absolute atomic E-state index is 0. The van der Waals surface area contributed by atoms with Crippen LogP contribution in [-0.2, 0) is 12.8 Å². The van der Waals surface area contributed by atoms with E-state index >= 15 is 0 Å². The predicted octanol–water partition coefficient (Wildman–Crippen LogP) is 4.64. The maximum absolute atomic E-state index is 9.45. The summed E-state index contributed by atoms with van der Waals surface area (Å²) in [6, 6.07) is 14.4. The molecule has 4 rings (SSSR count). The molecule has 3 aromatic rings. The second-order valence-corrected chi connectivity index (χ2v) is 8.11. The molecule has 0 bridgehead atoms.